The summed E-state index contributed by atoms with van der Waals surface area (Å²) in [4.78, 5) is 50.9. The van der Waals surface area contributed by atoms with E-state index in [9.17, 15) is 28.7 Å². The van der Waals surface area contributed by atoms with Crippen molar-refractivity contribution in [3.8, 4) is 0 Å². The maximum absolute atomic E-state index is 13.5. The predicted octanol–water partition coefficient (Wildman–Crippen LogP) is -0.164. The van der Waals surface area contributed by atoms with Crippen LogP contribution in [-0.4, -0.2) is 53.3 Å². The van der Waals surface area contributed by atoms with Crippen LogP contribution in [0.3, 0.4) is 0 Å². The second-order valence-electron chi connectivity index (χ2n) is 7.36. The molecule has 2 bridgehead atoms. The molecule has 9 nitrogen and oxygen atoms in total. The second kappa shape index (κ2) is 6.33. The van der Waals surface area contributed by atoms with Gasteiger partial charge >= 0.3 is 23.7 Å². The predicted molar refractivity (Wildman–Crippen MR) is 90.4 cm³/mol. The molecule has 3 fully saturated rings. The molecular formula is C19H18FNO8. The third-order valence-corrected chi connectivity index (χ3v) is 5.69. The lowest BCUT2D eigenvalue weighted by Gasteiger charge is -2.52. The van der Waals surface area contributed by atoms with E-state index in [1.165, 1.54) is 19.2 Å². The summed E-state index contributed by atoms with van der Waals surface area (Å²) in [7, 11) is 1.37. The lowest BCUT2D eigenvalue weighted by molar-refractivity contribution is -0.301. The van der Waals surface area contributed by atoms with E-state index >= 15 is 0 Å². The number of rotatable bonds is 2. The van der Waals surface area contributed by atoms with Crippen molar-refractivity contribution in [3.05, 3.63) is 35.6 Å². The van der Waals surface area contributed by atoms with Gasteiger partial charge in [-0.05, 0) is 31.2 Å². The Hall–Kier alpha value is -2.85. The molecule has 2 aliphatic heterocycles. The van der Waals surface area contributed by atoms with Crippen molar-refractivity contribution in [2.45, 2.75) is 48.7 Å². The molecule has 29 heavy (non-hydrogen) atoms. The number of esters is 3. The Bertz CT molecular complexity index is 917. The highest BCUT2D eigenvalue weighted by atomic mass is 19.1. The number of hydrogen-bond donors (Lipinski definition) is 2. The average Bonchev–Trinajstić information content (AvgIpc) is 2.71. The molecule has 1 aromatic rings. The third-order valence-electron chi connectivity index (χ3n) is 5.69. The summed E-state index contributed by atoms with van der Waals surface area (Å²) >= 11 is 0. The Labute approximate surface area is 164 Å². The molecule has 3 aliphatic rings. The van der Waals surface area contributed by atoms with Gasteiger partial charge in [-0.1, -0.05) is 12.1 Å². The molecule has 1 spiro atoms. The van der Waals surface area contributed by atoms with Crippen molar-refractivity contribution < 1.29 is 42.9 Å². The van der Waals surface area contributed by atoms with E-state index in [0.29, 0.717) is 0 Å². The maximum atomic E-state index is 13.5. The van der Waals surface area contributed by atoms with Crippen LogP contribution in [0.25, 0.3) is 0 Å². The van der Waals surface area contributed by atoms with Gasteiger partial charge in [-0.25, -0.2) is 9.18 Å². The molecule has 0 radical (unpaired) electrons. The lowest BCUT2D eigenvalue weighted by Crippen LogP contribution is -2.75. The molecular weight excluding hydrogens is 389 g/mol. The van der Waals surface area contributed by atoms with E-state index in [-0.39, 0.29) is 18.4 Å². The van der Waals surface area contributed by atoms with E-state index < -0.39 is 65.4 Å². The largest absolute Gasteiger partial charge is 0.454 e. The number of benzene rings is 1. The highest BCUT2D eigenvalue weighted by Gasteiger charge is 2.73. The fourth-order valence-electron chi connectivity index (χ4n) is 4.36. The van der Waals surface area contributed by atoms with Crippen LogP contribution in [-0.2, 0) is 38.9 Å². The van der Waals surface area contributed by atoms with Crippen LogP contribution in [0.1, 0.15) is 31.2 Å². The minimum Gasteiger partial charge on any atom is -0.454 e. The lowest BCUT2D eigenvalue weighted by atomic mass is 9.69. The molecule has 1 aliphatic carbocycles. The fraction of sp³-hybridized carbons (Fsp3) is 0.474. The molecule has 4 atom stereocenters. The molecule has 2 heterocycles. The number of ketones is 1. The zero-order chi connectivity index (χ0) is 21.0. The SMILES string of the molecule is CN[C@@]1(c2ccc(F)cc2)C(=O)CCC2OC(=O)CC3(O)CC(=O)OC21OC3=O. The second-order valence-corrected chi connectivity index (χ2v) is 7.36. The van der Waals surface area contributed by atoms with Crippen molar-refractivity contribution in [3.63, 3.8) is 0 Å². The number of carbonyl (C=O) groups excluding carboxylic acids is 4. The van der Waals surface area contributed by atoms with Crippen LogP contribution in [0.15, 0.2) is 24.3 Å². The van der Waals surface area contributed by atoms with Gasteiger partial charge in [0.25, 0.3) is 0 Å². The minimum atomic E-state index is -2.48. The van der Waals surface area contributed by atoms with E-state index in [0.717, 1.165) is 12.1 Å². The van der Waals surface area contributed by atoms with E-state index in [1.807, 2.05) is 0 Å². The van der Waals surface area contributed by atoms with Gasteiger partial charge in [0.2, 0.25) is 0 Å². The minimum absolute atomic E-state index is 0.0752. The zero-order valence-corrected chi connectivity index (χ0v) is 15.4. The van der Waals surface area contributed by atoms with Crippen molar-refractivity contribution in [2.75, 3.05) is 7.05 Å². The molecule has 0 aromatic heterocycles. The van der Waals surface area contributed by atoms with Crippen LogP contribution in [0, 0.1) is 5.82 Å². The first-order valence-corrected chi connectivity index (χ1v) is 9.02. The molecule has 2 saturated heterocycles. The number of likely N-dealkylation sites (N-methyl/N-ethyl adjacent to an activating group) is 1. The molecule has 1 saturated carbocycles. The Morgan fingerprint density at radius 2 is 1.72 bits per heavy atom. The number of aliphatic hydroxyl groups is 1. The van der Waals surface area contributed by atoms with Crippen molar-refractivity contribution in [1.29, 1.82) is 0 Å². The highest BCUT2D eigenvalue weighted by Crippen LogP contribution is 2.50. The number of ether oxygens (including phenoxy) is 3. The number of Topliss-reactive ketones (excluding diaryl/α,β-unsaturated/α-hetero) is 1. The molecule has 154 valence electrons. The molecule has 4 rings (SSSR count). The summed E-state index contributed by atoms with van der Waals surface area (Å²) in [6.45, 7) is 0. The Morgan fingerprint density at radius 3 is 2.38 bits per heavy atom. The highest BCUT2D eigenvalue weighted by molar-refractivity contribution is 5.97. The first-order valence-electron chi connectivity index (χ1n) is 9.02. The van der Waals surface area contributed by atoms with Crippen LogP contribution in [0.4, 0.5) is 4.39 Å². The third kappa shape index (κ3) is 2.59. The number of hydrogen-bond acceptors (Lipinski definition) is 9. The summed E-state index contributed by atoms with van der Waals surface area (Å²) in [6, 6.07) is 4.74. The zero-order valence-electron chi connectivity index (χ0n) is 15.4. The Kier molecular flexibility index (Phi) is 4.25. The van der Waals surface area contributed by atoms with Gasteiger partial charge in [0.05, 0.1) is 12.8 Å². The van der Waals surface area contributed by atoms with E-state index in [1.54, 1.807) is 0 Å². The van der Waals surface area contributed by atoms with Crippen molar-refractivity contribution >= 4 is 23.7 Å². The van der Waals surface area contributed by atoms with Gasteiger partial charge in [0, 0.05) is 6.42 Å². The maximum Gasteiger partial charge on any atom is 0.342 e. The van der Waals surface area contributed by atoms with Gasteiger partial charge in [0.1, 0.15) is 5.82 Å². The summed E-state index contributed by atoms with van der Waals surface area (Å²) in [5, 5.41) is 13.3. The normalized spacial score (nSPS) is 36.9. The van der Waals surface area contributed by atoms with Crippen molar-refractivity contribution in [1.82, 2.24) is 5.32 Å². The Morgan fingerprint density at radius 1 is 1.07 bits per heavy atom. The summed E-state index contributed by atoms with van der Waals surface area (Å²) in [5.74, 6) is -6.77. The van der Waals surface area contributed by atoms with Crippen LogP contribution >= 0.6 is 0 Å². The van der Waals surface area contributed by atoms with Gasteiger partial charge in [-0.2, -0.15) is 0 Å². The fourth-order valence-corrected chi connectivity index (χ4v) is 4.36. The van der Waals surface area contributed by atoms with Gasteiger partial charge < -0.3 is 19.3 Å². The average molecular weight is 407 g/mol. The summed E-state index contributed by atoms with van der Waals surface area (Å²) in [6.07, 6.45) is -3.12. The number of halogens is 1. The summed E-state index contributed by atoms with van der Waals surface area (Å²) in [5.41, 5.74) is -4.33. The van der Waals surface area contributed by atoms with Gasteiger partial charge in [0.15, 0.2) is 23.0 Å². The monoisotopic (exact) mass is 407 g/mol. The number of carbonyl (C=O) groups is 4. The summed E-state index contributed by atoms with van der Waals surface area (Å²) < 4.78 is 29.9. The van der Waals surface area contributed by atoms with Crippen molar-refractivity contribution in [2.24, 2.45) is 0 Å². The van der Waals surface area contributed by atoms with E-state index in [2.05, 4.69) is 5.32 Å². The number of fused-ring (bicyclic) bond motifs is 2. The smallest absolute Gasteiger partial charge is 0.342 e. The first-order chi connectivity index (χ1) is 13.7. The van der Waals surface area contributed by atoms with E-state index in [4.69, 9.17) is 14.2 Å². The molecule has 10 heteroatoms. The molecule has 1 aromatic carbocycles. The van der Waals surface area contributed by atoms with Gasteiger partial charge in [-0.15, -0.1) is 0 Å². The molecule has 2 N–H and O–H groups in total. The number of nitrogens with one attached hydrogen (secondary N) is 1. The van der Waals surface area contributed by atoms with Crippen LogP contribution in [0.5, 0.6) is 0 Å². The molecule has 0 amide bonds. The molecule has 3 unspecified atom stereocenters. The van der Waals surface area contributed by atoms with Crippen LogP contribution in [0.2, 0.25) is 0 Å². The topological polar surface area (TPSA) is 128 Å². The standard InChI is InChI=1S/C19H18FNO8/c1-21-18(10-2-4-11(20)5-3-10)12(22)6-7-13-19(18)28-15(24)9-17(26,16(25)29-19)8-14(23)27-13/h2-5,13,21,26H,6-9H2,1H3/t13?,17?,18-,19?/m0/s1. The first kappa shape index (κ1) is 19.5. The quantitative estimate of drug-likeness (QED) is 0.643. The van der Waals surface area contributed by atoms with Gasteiger partial charge in [-0.3, -0.25) is 19.7 Å². The van der Waals surface area contributed by atoms with Crippen LogP contribution < -0.4 is 5.32 Å². The Balaban J connectivity index is 2.01.